The van der Waals surface area contributed by atoms with E-state index < -0.39 is 6.04 Å². The second-order valence-corrected chi connectivity index (χ2v) is 3.98. The first kappa shape index (κ1) is 13.0. The average Bonchev–Trinajstić information content (AvgIpc) is 2.30. The Kier molecular flexibility index (Phi) is 5.25. The minimum atomic E-state index is -0.573. The zero-order valence-electron chi connectivity index (χ0n) is 9.91. The number of hydrogen-bond acceptors (Lipinski definition) is 4. The van der Waals surface area contributed by atoms with E-state index in [1.54, 1.807) is 13.8 Å². The van der Waals surface area contributed by atoms with E-state index in [2.05, 4.69) is 10.6 Å². The molecule has 0 aromatic carbocycles. The van der Waals surface area contributed by atoms with Crippen molar-refractivity contribution in [2.24, 2.45) is 0 Å². The monoisotopic (exact) mass is 228 g/mol. The van der Waals surface area contributed by atoms with Crippen LogP contribution in [0.3, 0.4) is 0 Å². The zero-order chi connectivity index (χ0) is 12.0. The summed E-state index contributed by atoms with van der Waals surface area (Å²) < 4.78 is 4.82. The van der Waals surface area contributed by atoms with Crippen molar-refractivity contribution in [3.8, 4) is 0 Å². The number of nitrogens with one attached hydrogen (secondary N) is 2. The molecule has 1 rings (SSSR count). The van der Waals surface area contributed by atoms with Gasteiger partial charge in [0.1, 0.15) is 6.04 Å². The molecule has 1 heterocycles. The number of esters is 1. The van der Waals surface area contributed by atoms with Gasteiger partial charge in [-0.2, -0.15) is 0 Å². The fraction of sp³-hybridized carbons (Fsp3) is 0.818. The Hall–Kier alpha value is -1.10. The van der Waals surface area contributed by atoms with Gasteiger partial charge in [0.15, 0.2) is 0 Å². The topological polar surface area (TPSA) is 67.4 Å². The highest BCUT2D eigenvalue weighted by Crippen LogP contribution is 2.07. The molecule has 1 aliphatic heterocycles. The molecule has 5 nitrogen and oxygen atoms in total. The van der Waals surface area contributed by atoms with Gasteiger partial charge in [-0.25, -0.2) is 4.79 Å². The van der Waals surface area contributed by atoms with Gasteiger partial charge in [-0.15, -0.1) is 0 Å². The van der Waals surface area contributed by atoms with Gasteiger partial charge >= 0.3 is 5.97 Å². The molecule has 2 atom stereocenters. The van der Waals surface area contributed by atoms with Crippen LogP contribution in [-0.4, -0.2) is 37.1 Å². The minimum Gasteiger partial charge on any atom is -0.464 e. The average molecular weight is 228 g/mol. The summed E-state index contributed by atoms with van der Waals surface area (Å²) in [6, 6.07) is -0.734. The van der Waals surface area contributed by atoms with Crippen molar-refractivity contribution in [3.05, 3.63) is 0 Å². The van der Waals surface area contributed by atoms with E-state index in [4.69, 9.17) is 4.74 Å². The normalized spacial score (nSPS) is 22.2. The summed E-state index contributed by atoms with van der Waals surface area (Å²) in [5, 5.41) is 5.79. The van der Waals surface area contributed by atoms with Gasteiger partial charge in [0.25, 0.3) is 0 Å². The van der Waals surface area contributed by atoms with Crippen LogP contribution in [0.4, 0.5) is 0 Å². The number of ether oxygens (including phenoxy) is 1. The van der Waals surface area contributed by atoms with E-state index in [-0.39, 0.29) is 17.9 Å². The molecule has 0 radical (unpaired) electrons. The fourth-order valence-electron chi connectivity index (χ4n) is 1.72. The molecule has 0 aliphatic carbocycles. The molecule has 1 unspecified atom stereocenters. The Morgan fingerprint density at radius 2 is 2.25 bits per heavy atom. The Morgan fingerprint density at radius 1 is 1.50 bits per heavy atom. The molecule has 0 aromatic rings. The minimum absolute atomic E-state index is 0.111. The van der Waals surface area contributed by atoms with Crippen LogP contribution in [0.2, 0.25) is 0 Å². The highest BCUT2D eigenvalue weighted by atomic mass is 16.5. The van der Waals surface area contributed by atoms with Crippen molar-refractivity contribution in [2.45, 2.75) is 45.2 Å². The number of hydrogen-bond donors (Lipinski definition) is 2. The van der Waals surface area contributed by atoms with Crippen LogP contribution in [0.15, 0.2) is 0 Å². The number of amides is 1. The predicted octanol–water partition coefficient (Wildman–Crippen LogP) is 0.196. The molecular formula is C11H20N2O3. The fourth-order valence-corrected chi connectivity index (χ4v) is 1.72. The third-order valence-corrected chi connectivity index (χ3v) is 2.63. The van der Waals surface area contributed by atoms with Crippen molar-refractivity contribution in [1.82, 2.24) is 10.6 Å². The van der Waals surface area contributed by atoms with E-state index >= 15 is 0 Å². The Bertz CT molecular complexity index is 250. The Balaban J connectivity index is 2.34. The summed E-state index contributed by atoms with van der Waals surface area (Å²) in [4.78, 5) is 23.0. The number of carbonyl (C=O) groups excluding carboxylic acids is 2. The summed E-state index contributed by atoms with van der Waals surface area (Å²) in [6.45, 7) is 4.58. The molecule has 1 aliphatic rings. The maximum atomic E-state index is 11.7. The second-order valence-electron chi connectivity index (χ2n) is 3.98. The van der Waals surface area contributed by atoms with Crippen LogP contribution in [-0.2, 0) is 14.3 Å². The molecular weight excluding hydrogens is 208 g/mol. The van der Waals surface area contributed by atoms with Crippen molar-refractivity contribution in [1.29, 1.82) is 0 Å². The van der Waals surface area contributed by atoms with Gasteiger partial charge in [-0.3, -0.25) is 4.79 Å². The summed E-state index contributed by atoms with van der Waals surface area (Å²) in [6.07, 6.45) is 3.00. The first-order valence-corrected chi connectivity index (χ1v) is 5.85. The quantitative estimate of drug-likeness (QED) is 0.674. The Labute approximate surface area is 95.9 Å². The highest BCUT2D eigenvalue weighted by Gasteiger charge is 2.24. The Morgan fingerprint density at radius 3 is 2.81 bits per heavy atom. The van der Waals surface area contributed by atoms with Crippen LogP contribution in [0.1, 0.15) is 33.1 Å². The molecule has 16 heavy (non-hydrogen) atoms. The van der Waals surface area contributed by atoms with Gasteiger partial charge in [0.2, 0.25) is 5.91 Å². The molecule has 92 valence electrons. The van der Waals surface area contributed by atoms with Crippen molar-refractivity contribution >= 4 is 11.9 Å². The van der Waals surface area contributed by atoms with Crippen molar-refractivity contribution in [2.75, 3.05) is 13.2 Å². The maximum absolute atomic E-state index is 11.7. The third kappa shape index (κ3) is 3.81. The lowest BCUT2D eigenvalue weighted by Gasteiger charge is -2.23. The van der Waals surface area contributed by atoms with Crippen LogP contribution >= 0.6 is 0 Å². The molecule has 2 N–H and O–H groups in total. The lowest BCUT2D eigenvalue weighted by molar-refractivity contribution is -0.147. The standard InChI is InChI=1S/C11H20N2O3/c1-3-16-11(15)8(2)13-10(14)9-6-4-5-7-12-9/h8-9,12H,3-7H2,1-2H3,(H,13,14)/t8?,9-/m0/s1. The lowest BCUT2D eigenvalue weighted by atomic mass is 10.0. The number of carbonyl (C=O) groups is 2. The van der Waals surface area contributed by atoms with Crippen LogP contribution in [0.5, 0.6) is 0 Å². The van der Waals surface area contributed by atoms with Crippen molar-refractivity contribution in [3.63, 3.8) is 0 Å². The zero-order valence-corrected chi connectivity index (χ0v) is 9.91. The first-order chi connectivity index (χ1) is 7.65. The molecule has 0 aromatic heterocycles. The van der Waals surface area contributed by atoms with E-state index in [0.717, 1.165) is 25.8 Å². The number of piperidine rings is 1. The summed E-state index contributed by atoms with van der Waals surface area (Å²) in [5.41, 5.74) is 0. The molecule has 0 bridgehead atoms. The third-order valence-electron chi connectivity index (χ3n) is 2.63. The first-order valence-electron chi connectivity index (χ1n) is 5.85. The summed E-state index contributed by atoms with van der Waals surface area (Å²) in [5.74, 6) is -0.494. The lowest BCUT2D eigenvalue weighted by Crippen LogP contribution is -2.51. The van der Waals surface area contributed by atoms with Gasteiger partial charge < -0.3 is 15.4 Å². The summed E-state index contributed by atoms with van der Waals surface area (Å²) in [7, 11) is 0. The van der Waals surface area contributed by atoms with Crippen LogP contribution < -0.4 is 10.6 Å². The maximum Gasteiger partial charge on any atom is 0.328 e. The highest BCUT2D eigenvalue weighted by molar-refractivity contribution is 5.87. The van der Waals surface area contributed by atoms with Crippen LogP contribution in [0, 0.1) is 0 Å². The van der Waals surface area contributed by atoms with Crippen LogP contribution in [0.25, 0.3) is 0 Å². The van der Waals surface area contributed by atoms with Crippen molar-refractivity contribution < 1.29 is 14.3 Å². The van der Waals surface area contributed by atoms with E-state index in [1.165, 1.54) is 0 Å². The molecule has 1 fully saturated rings. The van der Waals surface area contributed by atoms with Gasteiger partial charge in [0, 0.05) is 0 Å². The van der Waals surface area contributed by atoms with E-state index in [1.807, 2.05) is 0 Å². The predicted molar refractivity (Wildman–Crippen MR) is 59.9 cm³/mol. The van der Waals surface area contributed by atoms with Gasteiger partial charge in [-0.05, 0) is 33.2 Å². The van der Waals surface area contributed by atoms with Gasteiger partial charge in [-0.1, -0.05) is 6.42 Å². The smallest absolute Gasteiger partial charge is 0.328 e. The number of rotatable bonds is 4. The SMILES string of the molecule is CCOC(=O)C(C)NC(=O)[C@@H]1CCCCN1. The molecule has 0 spiro atoms. The molecule has 1 amide bonds. The summed E-state index contributed by atoms with van der Waals surface area (Å²) >= 11 is 0. The van der Waals surface area contributed by atoms with E-state index in [9.17, 15) is 9.59 Å². The van der Waals surface area contributed by atoms with Gasteiger partial charge in [0.05, 0.1) is 12.6 Å². The molecule has 5 heteroatoms. The molecule has 1 saturated heterocycles. The second kappa shape index (κ2) is 6.48. The largest absolute Gasteiger partial charge is 0.464 e. The van der Waals surface area contributed by atoms with E-state index in [0.29, 0.717) is 6.61 Å². The molecule has 0 saturated carbocycles.